The van der Waals surface area contributed by atoms with Gasteiger partial charge < -0.3 is 60.4 Å². The fourth-order valence-corrected chi connectivity index (χ4v) is 7.04. The minimum Gasteiger partial charge on any atom is -0.508 e. The number of ether oxygens (including phenoxy) is 2. The standard InChI is InChI=1S/C33H37N3O13/c37-7-1-6-32(31(46)47)11-18-10-21(40)29-25(22(41)12-33(49-29)30(45)28(44)27(43)23(14-38)48-33)26(18)36(32)24(42)5-3-16-2-4-20(39)17(8-16)9-19-13-34-15-35-19/h2-5,8,10,13,15,22-23,27-28,30,37-41,43-45H,1,6-7,9,11-12,14H2,(H,34,35)(H,46,47)/b5-3+/t22-,23-,27-,28+,30-,32-,33+/m1/s1. The number of aromatic hydroxyl groups is 2. The van der Waals surface area contributed by atoms with Crippen molar-refractivity contribution < 1.29 is 65.0 Å². The molecule has 0 aliphatic carbocycles. The van der Waals surface area contributed by atoms with E-state index in [1.54, 1.807) is 18.3 Å². The summed E-state index contributed by atoms with van der Waals surface area (Å²) in [5.41, 5.74) is -0.282. The number of H-pyrrole nitrogens is 1. The van der Waals surface area contributed by atoms with Gasteiger partial charge in [0.2, 0.25) is 5.79 Å². The van der Waals surface area contributed by atoms with Crippen molar-refractivity contribution in [2.24, 2.45) is 0 Å². The van der Waals surface area contributed by atoms with Crippen molar-refractivity contribution >= 4 is 23.6 Å². The third-order valence-electron chi connectivity index (χ3n) is 9.43. The Morgan fingerprint density at radius 3 is 2.53 bits per heavy atom. The SMILES string of the molecule is O=C(/C=C/c1ccc(O)c(Cc2cnc[nH]2)c1)N1c2c(cc(O)c3c2[C@H](O)C[C@@]2(O3)O[C@H](CO)[C@@H](O)[C@H](O)[C@H]2O)C[C@]1(CCCO)C(=O)O. The van der Waals surface area contributed by atoms with E-state index in [2.05, 4.69) is 9.97 Å². The number of aliphatic carboxylic acids is 1. The van der Waals surface area contributed by atoms with Gasteiger partial charge in [-0.3, -0.25) is 9.69 Å². The van der Waals surface area contributed by atoms with E-state index in [0.29, 0.717) is 17.5 Å². The maximum atomic E-state index is 14.2. The molecule has 16 heteroatoms. The van der Waals surface area contributed by atoms with Crippen molar-refractivity contribution in [1.29, 1.82) is 0 Å². The quantitative estimate of drug-likeness (QED) is 0.129. The summed E-state index contributed by atoms with van der Waals surface area (Å²) in [6.07, 6.45) is -3.85. The average Bonchev–Trinajstić information content (AvgIpc) is 3.71. The maximum Gasteiger partial charge on any atom is 0.330 e. The van der Waals surface area contributed by atoms with Gasteiger partial charge in [-0.25, -0.2) is 9.78 Å². The number of imidazole rings is 1. The zero-order valence-corrected chi connectivity index (χ0v) is 26.0. The Bertz CT molecular complexity index is 1760. The molecular weight excluding hydrogens is 646 g/mol. The average molecular weight is 684 g/mol. The number of carboxylic acids is 1. The molecule has 1 spiro atoms. The first-order valence-electron chi connectivity index (χ1n) is 15.6. The van der Waals surface area contributed by atoms with Crippen LogP contribution in [0.3, 0.4) is 0 Å². The first-order valence-corrected chi connectivity index (χ1v) is 15.6. The number of phenolic OH excluding ortho intramolecular Hbond substituents is 2. The number of carbonyl (C=O) groups is 2. The minimum atomic E-state index is -2.26. The lowest BCUT2D eigenvalue weighted by molar-refractivity contribution is -0.349. The molecule has 7 atom stereocenters. The van der Waals surface area contributed by atoms with Gasteiger partial charge in [-0.2, -0.15) is 0 Å². The molecule has 4 heterocycles. The number of phenols is 2. The number of anilines is 1. The van der Waals surface area contributed by atoms with Gasteiger partial charge in [-0.15, -0.1) is 0 Å². The van der Waals surface area contributed by atoms with Crippen LogP contribution in [0.2, 0.25) is 0 Å². The lowest BCUT2D eigenvalue weighted by Crippen LogP contribution is -2.68. The summed E-state index contributed by atoms with van der Waals surface area (Å²) in [5, 5.41) is 94.8. The Balaban J connectivity index is 1.42. The van der Waals surface area contributed by atoms with Crippen molar-refractivity contribution in [2.45, 2.75) is 73.9 Å². The zero-order valence-electron chi connectivity index (χ0n) is 26.0. The van der Waals surface area contributed by atoms with Crippen molar-refractivity contribution in [3.05, 3.63) is 70.8 Å². The molecule has 1 aromatic heterocycles. The molecule has 6 rings (SSSR count). The summed E-state index contributed by atoms with van der Waals surface area (Å²) in [4.78, 5) is 35.1. The molecule has 10 N–H and O–H groups in total. The summed E-state index contributed by atoms with van der Waals surface area (Å²) in [5.74, 6) is -5.54. The van der Waals surface area contributed by atoms with E-state index in [-0.39, 0.29) is 48.4 Å². The lowest BCUT2D eigenvalue weighted by atomic mass is 9.84. The summed E-state index contributed by atoms with van der Waals surface area (Å²) < 4.78 is 11.6. The number of nitrogens with zero attached hydrogens (tertiary/aromatic N) is 2. The van der Waals surface area contributed by atoms with Crippen molar-refractivity contribution in [1.82, 2.24) is 9.97 Å². The summed E-state index contributed by atoms with van der Waals surface area (Å²) in [7, 11) is 0. The van der Waals surface area contributed by atoms with E-state index in [1.807, 2.05) is 0 Å². The highest BCUT2D eigenvalue weighted by atomic mass is 16.7. The molecule has 2 aromatic carbocycles. The van der Waals surface area contributed by atoms with Gasteiger partial charge in [-0.1, -0.05) is 6.07 Å². The molecule has 3 aliphatic rings. The van der Waals surface area contributed by atoms with Crippen molar-refractivity contribution in [3.63, 3.8) is 0 Å². The summed E-state index contributed by atoms with van der Waals surface area (Å²) >= 11 is 0. The topological polar surface area (TPSA) is 267 Å². The number of aliphatic hydroxyl groups is 6. The van der Waals surface area contributed by atoms with Crippen molar-refractivity contribution in [3.8, 4) is 17.2 Å². The fraction of sp³-hybridized carbons (Fsp3) is 0.424. The van der Waals surface area contributed by atoms with E-state index in [1.165, 1.54) is 24.5 Å². The smallest absolute Gasteiger partial charge is 0.330 e. The summed E-state index contributed by atoms with van der Waals surface area (Å²) in [6.45, 7) is -1.18. The van der Waals surface area contributed by atoms with Crippen LogP contribution >= 0.6 is 0 Å². The van der Waals surface area contributed by atoms with Gasteiger partial charge in [-0.05, 0) is 48.2 Å². The van der Waals surface area contributed by atoms with Crippen LogP contribution in [0.1, 0.15) is 53.3 Å². The largest absolute Gasteiger partial charge is 0.508 e. The van der Waals surface area contributed by atoms with Crippen LogP contribution in [0.4, 0.5) is 5.69 Å². The van der Waals surface area contributed by atoms with Gasteiger partial charge >= 0.3 is 5.97 Å². The van der Waals surface area contributed by atoms with Gasteiger partial charge in [0, 0.05) is 49.4 Å². The molecule has 1 fully saturated rings. The molecule has 49 heavy (non-hydrogen) atoms. The number of aliphatic hydroxyl groups excluding tert-OH is 6. The Morgan fingerprint density at radius 2 is 1.86 bits per heavy atom. The van der Waals surface area contributed by atoms with Gasteiger partial charge in [0.1, 0.15) is 35.7 Å². The Morgan fingerprint density at radius 1 is 1.08 bits per heavy atom. The first kappa shape index (κ1) is 34.3. The van der Waals surface area contributed by atoms with Gasteiger partial charge in [0.05, 0.1) is 30.3 Å². The highest BCUT2D eigenvalue weighted by Crippen LogP contribution is 2.57. The second kappa shape index (κ2) is 13.1. The molecule has 3 aliphatic heterocycles. The maximum absolute atomic E-state index is 14.2. The highest BCUT2D eigenvalue weighted by Gasteiger charge is 2.61. The van der Waals surface area contributed by atoms with Gasteiger partial charge in [0.15, 0.2) is 11.5 Å². The molecule has 0 radical (unpaired) electrons. The Kier molecular flexibility index (Phi) is 9.14. The van der Waals surface area contributed by atoms with E-state index in [0.717, 1.165) is 16.7 Å². The number of aromatic nitrogens is 2. The number of benzene rings is 2. The Labute approximate surface area is 278 Å². The molecule has 0 unspecified atom stereocenters. The molecule has 0 saturated carbocycles. The number of carboxylic acid groups (broad SMARTS) is 1. The predicted molar refractivity (Wildman–Crippen MR) is 167 cm³/mol. The summed E-state index contributed by atoms with van der Waals surface area (Å²) in [6, 6.07) is 5.82. The number of aromatic amines is 1. The molecular formula is C33H37N3O13. The molecule has 1 saturated heterocycles. The molecule has 16 nitrogen and oxygen atoms in total. The fourth-order valence-electron chi connectivity index (χ4n) is 7.04. The van der Waals surface area contributed by atoms with Crippen LogP contribution < -0.4 is 9.64 Å². The third-order valence-corrected chi connectivity index (χ3v) is 9.43. The van der Waals surface area contributed by atoms with Crippen LogP contribution in [-0.2, 0) is 27.2 Å². The van der Waals surface area contributed by atoms with Gasteiger partial charge in [0.25, 0.3) is 5.91 Å². The third kappa shape index (κ3) is 5.80. The number of carbonyl (C=O) groups excluding carboxylic acids is 1. The highest BCUT2D eigenvalue weighted by molar-refractivity contribution is 6.12. The zero-order chi connectivity index (χ0) is 35.2. The molecule has 3 aromatic rings. The minimum absolute atomic E-state index is 0.0121. The van der Waals surface area contributed by atoms with E-state index < -0.39 is 78.2 Å². The molecule has 0 bridgehead atoms. The number of hydrogen-bond donors (Lipinski definition) is 10. The second-order valence-electron chi connectivity index (χ2n) is 12.5. The van der Waals surface area contributed by atoms with Crippen LogP contribution in [0.15, 0.2) is 42.9 Å². The van der Waals surface area contributed by atoms with Crippen molar-refractivity contribution in [2.75, 3.05) is 18.1 Å². The van der Waals surface area contributed by atoms with Crippen LogP contribution in [0.25, 0.3) is 6.08 Å². The number of rotatable bonds is 9. The predicted octanol–water partition coefficient (Wildman–Crippen LogP) is -0.404. The number of nitrogens with one attached hydrogen (secondary N) is 1. The monoisotopic (exact) mass is 683 g/mol. The first-order chi connectivity index (χ1) is 23.4. The number of hydrogen-bond acceptors (Lipinski definition) is 13. The van der Waals surface area contributed by atoms with E-state index in [4.69, 9.17) is 9.47 Å². The van der Waals surface area contributed by atoms with E-state index >= 15 is 0 Å². The second-order valence-corrected chi connectivity index (χ2v) is 12.5. The van der Waals surface area contributed by atoms with Crippen LogP contribution in [-0.4, -0.2) is 117 Å². The molecule has 1 amide bonds. The lowest BCUT2D eigenvalue weighted by Gasteiger charge is -2.51. The number of amides is 1. The number of fused-ring (bicyclic) bond motifs is 3. The van der Waals surface area contributed by atoms with Crippen LogP contribution in [0.5, 0.6) is 17.2 Å². The van der Waals surface area contributed by atoms with E-state index in [9.17, 15) is 55.5 Å². The molecule has 262 valence electrons. The Hall–Kier alpha value is -4.55. The van der Waals surface area contributed by atoms with Crippen LogP contribution in [0, 0.1) is 0 Å². The normalized spacial score (nSPS) is 29.2.